The van der Waals surface area contributed by atoms with Crippen LogP contribution in [-0.4, -0.2) is 74.3 Å². The molecule has 0 bridgehead atoms. The maximum atomic E-state index is 13.4. The van der Waals surface area contributed by atoms with Crippen LogP contribution in [-0.2, 0) is 27.9 Å². The van der Waals surface area contributed by atoms with E-state index in [0.717, 1.165) is 70.6 Å². The Balaban J connectivity index is 5.38. The quantitative estimate of drug-likeness (QED) is 0.0205. The molecule has 3 unspecified atom stereocenters. The van der Waals surface area contributed by atoms with E-state index < -0.39 is 20.0 Å². The zero-order valence-electron chi connectivity index (χ0n) is 43.0. The molecule has 0 spiro atoms. The van der Waals surface area contributed by atoms with E-state index in [-0.39, 0.29) is 31.5 Å². The minimum atomic E-state index is -4.43. The molecule has 0 saturated heterocycles. The van der Waals surface area contributed by atoms with Gasteiger partial charge in [0.05, 0.1) is 33.8 Å². The molecule has 0 aromatic carbocycles. The van der Waals surface area contributed by atoms with Crippen LogP contribution in [0.3, 0.4) is 0 Å². The highest BCUT2D eigenvalue weighted by atomic mass is 31.2. The predicted octanol–water partition coefficient (Wildman–Crippen LogP) is 15.8. The van der Waals surface area contributed by atoms with Gasteiger partial charge in [-0.3, -0.25) is 18.6 Å². The van der Waals surface area contributed by atoms with Crippen LogP contribution in [0, 0.1) is 0 Å². The van der Waals surface area contributed by atoms with E-state index in [4.69, 9.17) is 13.8 Å². The van der Waals surface area contributed by atoms with E-state index in [2.05, 4.69) is 38.2 Å². The number of esters is 1. The van der Waals surface area contributed by atoms with Gasteiger partial charge in [0.15, 0.2) is 0 Å². The summed E-state index contributed by atoms with van der Waals surface area (Å²) in [5.41, 5.74) is 0. The number of nitrogens with zero attached hydrogens (tertiary/aromatic N) is 1. The molecule has 0 saturated carbocycles. The number of carbonyl (C=O) groups excluding carboxylic acids is 2. The number of phosphoric acid groups is 1. The average Bonchev–Trinajstić information content (AvgIpc) is 3.25. The SMILES string of the molecule is CCCCCCCC/C=C\CCCCCC(=O)OC(/C=C/CCCCCCCCCCC)C(COP(=O)(O)OCC[N+](C)(C)C)NC(=O)CCCCCCCCCCCCCCCC. The molecule has 64 heavy (non-hydrogen) atoms. The lowest BCUT2D eigenvalue weighted by Gasteiger charge is -2.27. The minimum Gasteiger partial charge on any atom is -0.456 e. The van der Waals surface area contributed by atoms with E-state index in [1.54, 1.807) is 0 Å². The van der Waals surface area contributed by atoms with Gasteiger partial charge in [0.2, 0.25) is 5.91 Å². The summed E-state index contributed by atoms with van der Waals surface area (Å²) >= 11 is 0. The van der Waals surface area contributed by atoms with Crippen LogP contribution >= 0.6 is 7.82 Å². The van der Waals surface area contributed by atoms with Gasteiger partial charge in [-0.05, 0) is 57.4 Å². The van der Waals surface area contributed by atoms with Gasteiger partial charge in [-0.25, -0.2) is 4.57 Å². The van der Waals surface area contributed by atoms with Gasteiger partial charge in [-0.1, -0.05) is 212 Å². The number of quaternary nitrogens is 1. The summed E-state index contributed by atoms with van der Waals surface area (Å²) in [4.78, 5) is 37.4. The zero-order valence-corrected chi connectivity index (χ0v) is 43.9. The molecular weight excluding hydrogens is 820 g/mol. The van der Waals surface area contributed by atoms with Crippen LogP contribution in [0.2, 0.25) is 0 Å². The summed E-state index contributed by atoms with van der Waals surface area (Å²) in [5.74, 6) is -0.516. The molecule has 0 aliphatic rings. The summed E-state index contributed by atoms with van der Waals surface area (Å²) < 4.78 is 30.5. The number of carbonyl (C=O) groups is 2. The number of ether oxygens (including phenoxy) is 1. The van der Waals surface area contributed by atoms with Crippen molar-refractivity contribution in [1.82, 2.24) is 5.32 Å². The van der Waals surface area contributed by atoms with Crippen LogP contribution in [0.5, 0.6) is 0 Å². The van der Waals surface area contributed by atoms with Crippen molar-refractivity contribution in [1.29, 1.82) is 0 Å². The highest BCUT2D eigenvalue weighted by Gasteiger charge is 2.30. The molecule has 378 valence electrons. The van der Waals surface area contributed by atoms with Gasteiger partial charge >= 0.3 is 13.8 Å². The fourth-order valence-electron chi connectivity index (χ4n) is 7.88. The molecule has 3 atom stereocenters. The zero-order chi connectivity index (χ0) is 47.3. The fourth-order valence-corrected chi connectivity index (χ4v) is 8.61. The molecule has 0 aliphatic heterocycles. The van der Waals surface area contributed by atoms with E-state index >= 15 is 0 Å². The number of phosphoric ester groups is 1. The van der Waals surface area contributed by atoms with Crippen LogP contribution < -0.4 is 5.32 Å². The second kappa shape index (κ2) is 45.3. The van der Waals surface area contributed by atoms with E-state index in [1.807, 2.05) is 33.3 Å². The Bertz CT molecular complexity index is 1160. The van der Waals surface area contributed by atoms with Crippen molar-refractivity contribution in [3.8, 4) is 0 Å². The second-order valence-electron chi connectivity index (χ2n) is 19.8. The van der Waals surface area contributed by atoms with E-state index in [1.165, 1.54) is 154 Å². The summed E-state index contributed by atoms with van der Waals surface area (Å²) in [6, 6.07) is -0.846. The molecule has 0 radical (unpaired) electrons. The van der Waals surface area contributed by atoms with Crippen molar-refractivity contribution in [2.45, 2.75) is 270 Å². The number of amides is 1. The van der Waals surface area contributed by atoms with Crippen LogP contribution in [0.1, 0.15) is 258 Å². The molecular formula is C54H106N2O7P+. The van der Waals surface area contributed by atoms with Gasteiger partial charge in [0.25, 0.3) is 0 Å². The summed E-state index contributed by atoms with van der Waals surface area (Å²) in [6.07, 6.45) is 50.2. The normalized spacial score (nSPS) is 14.0. The lowest BCUT2D eigenvalue weighted by molar-refractivity contribution is -0.870. The summed E-state index contributed by atoms with van der Waals surface area (Å²) in [7, 11) is 1.50. The summed E-state index contributed by atoms with van der Waals surface area (Å²) in [6.45, 7) is 7.00. The predicted molar refractivity (Wildman–Crippen MR) is 273 cm³/mol. The molecule has 0 aliphatic carbocycles. The number of allylic oxidation sites excluding steroid dienone is 3. The Morgan fingerprint density at radius 2 is 0.906 bits per heavy atom. The highest BCUT2D eigenvalue weighted by Crippen LogP contribution is 2.43. The number of hydrogen-bond acceptors (Lipinski definition) is 6. The molecule has 0 rings (SSSR count). The molecule has 0 heterocycles. The van der Waals surface area contributed by atoms with E-state index in [0.29, 0.717) is 17.4 Å². The first-order valence-electron chi connectivity index (χ1n) is 27.2. The molecule has 10 heteroatoms. The molecule has 2 N–H and O–H groups in total. The Hall–Kier alpha value is -1.51. The molecule has 0 fully saturated rings. The van der Waals surface area contributed by atoms with Gasteiger partial charge in [-0.2, -0.15) is 0 Å². The maximum Gasteiger partial charge on any atom is 0.472 e. The lowest BCUT2D eigenvalue weighted by Crippen LogP contribution is -2.47. The van der Waals surface area contributed by atoms with Gasteiger partial charge < -0.3 is 19.4 Å². The first kappa shape index (κ1) is 62.5. The minimum absolute atomic E-state index is 0.0411. The second-order valence-corrected chi connectivity index (χ2v) is 21.2. The Kier molecular flexibility index (Phi) is 44.2. The Morgan fingerprint density at radius 1 is 0.531 bits per heavy atom. The third-order valence-electron chi connectivity index (χ3n) is 12.1. The number of likely N-dealkylation sites (N-methyl/N-ethyl adjacent to an activating group) is 1. The Morgan fingerprint density at radius 3 is 1.34 bits per heavy atom. The molecule has 1 amide bonds. The summed E-state index contributed by atoms with van der Waals surface area (Å²) in [5, 5.41) is 3.04. The van der Waals surface area contributed by atoms with Crippen LogP contribution in [0.25, 0.3) is 0 Å². The average molecular weight is 926 g/mol. The Labute approximate surface area is 396 Å². The molecule has 0 aromatic rings. The third kappa shape index (κ3) is 45.6. The van der Waals surface area contributed by atoms with Crippen molar-refractivity contribution >= 4 is 19.7 Å². The topological polar surface area (TPSA) is 111 Å². The largest absolute Gasteiger partial charge is 0.472 e. The monoisotopic (exact) mass is 926 g/mol. The lowest BCUT2D eigenvalue weighted by atomic mass is 10.0. The first-order valence-corrected chi connectivity index (χ1v) is 28.7. The van der Waals surface area contributed by atoms with Crippen LogP contribution in [0.15, 0.2) is 24.3 Å². The highest BCUT2D eigenvalue weighted by molar-refractivity contribution is 7.47. The standard InChI is InChI=1S/C54H105N2O7P/c1-7-10-13-16-19-22-25-27-29-31-34-37-40-43-46-53(57)55-51(50-62-64(59,60)61-49-48-56(4,5)6)52(45-42-39-36-33-30-24-21-18-15-12-9-3)63-54(58)47-44-41-38-35-32-28-26-23-20-17-14-11-8-2/h28,32,42,45,51-52H,7-27,29-31,33-41,43-44,46-50H2,1-6H3,(H-,55,57,59,60)/p+1/b32-28-,45-42+. The smallest absolute Gasteiger partial charge is 0.456 e. The van der Waals surface area contributed by atoms with E-state index in [9.17, 15) is 19.0 Å². The van der Waals surface area contributed by atoms with Crippen molar-refractivity contribution < 1.29 is 37.3 Å². The first-order chi connectivity index (χ1) is 30.9. The van der Waals surface area contributed by atoms with Gasteiger partial charge in [-0.15, -0.1) is 0 Å². The molecule has 9 nitrogen and oxygen atoms in total. The van der Waals surface area contributed by atoms with Crippen molar-refractivity contribution in [2.75, 3.05) is 40.9 Å². The van der Waals surface area contributed by atoms with Gasteiger partial charge in [0.1, 0.15) is 19.3 Å². The third-order valence-corrected chi connectivity index (χ3v) is 13.1. The van der Waals surface area contributed by atoms with Crippen molar-refractivity contribution in [3.63, 3.8) is 0 Å². The number of unbranched alkanes of at least 4 members (excludes halogenated alkanes) is 31. The van der Waals surface area contributed by atoms with Crippen molar-refractivity contribution in [3.05, 3.63) is 24.3 Å². The number of hydrogen-bond donors (Lipinski definition) is 2. The number of rotatable bonds is 49. The number of nitrogens with one attached hydrogen (secondary N) is 1. The maximum absolute atomic E-state index is 13.4. The fraction of sp³-hybridized carbons (Fsp3) is 0.889. The van der Waals surface area contributed by atoms with Crippen molar-refractivity contribution in [2.24, 2.45) is 0 Å². The molecule has 0 aromatic heterocycles. The van der Waals surface area contributed by atoms with Gasteiger partial charge in [0, 0.05) is 12.8 Å². The van der Waals surface area contributed by atoms with Crippen LogP contribution in [0.4, 0.5) is 0 Å².